The molecule has 0 radical (unpaired) electrons. The number of pyridine rings is 1. The Kier molecular flexibility index (Phi) is 2.34. The molecule has 0 aliphatic carbocycles. The number of alkyl halides is 3. The molecule has 0 fully saturated rings. The second kappa shape index (κ2) is 3.38. The summed E-state index contributed by atoms with van der Waals surface area (Å²) in [5.41, 5.74) is -1.86. The Morgan fingerprint density at radius 1 is 1.29 bits per heavy atom. The summed E-state index contributed by atoms with van der Waals surface area (Å²) in [6.07, 6.45) is -4.56. The van der Waals surface area contributed by atoms with E-state index >= 15 is 0 Å². The minimum atomic E-state index is -4.56. The van der Waals surface area contributed by atoms with Crippen LogP contribution in [0.25, 0.3) is 11.1 Å². The smallest absolute Gasteiger partial charge is 0.431 e. The van der Waals surface area contributed by atoms with Gasteiger partial charge in [-0.25, -0.2) is 0 Å². The highest BCUT2D eigenvalue weighted by Crippen LogP contribution is 2.32. The van der Waals surface area contributed by atoms with Crippen molar-refractivity contribution in [2.75, 3.05) is 0 Å². The van der Waals surface area contributed by atoms with Crippen LogP contribution in [-0.4, -0.2) is 4.57 Å². The average molecular weight is 245 g/mol. The van der Waals surface area contributed by atoms with Crippen LogP contribution in [0.1, 0.15) is 17.0 Å². The summed E-state index contributed by atoms with van der Waals surface area (Å²) in [6.45, 7) is 2.74. The molecule has 0 atom stereocenters. The molecular weight excluding hydrogens is 235 g/mol. The van der Waals surface area contributed by atoms with Crippen LogP contribution in [0.5, 0.6) is 0 Å². The monoisotopic (exact) mass is 245 g/mol. The highest BCUT2D eigenvalue weighted by atomic mass is 19.4. The molecule has 0 aliphatic heterocycles. The average Bonchev–Trinajstić information content (AvgIpc) is 2.55. The van der Waals surface area contributed by atoms with Crippen molar-refractivity contribution >= 4 is 11.1 Å². The van der Waals surface area contributed by atoms with Gasteiger partial charge in [-0.2, -0.15) is 13.2 Å². The number of hydrogen-bond donors (Lipinski definition) is 0. The number of hydrogen-bond acceptors (Lipinski definition) is 2. The molecule has 0 spiro atoms. The molecule has 3 nitrogen and oxygen atoms in total. The van der Waals surface area contributed by atoms with Gasteiger partial charge in [0.05, 0.1) is 5.52 Å². The normalized spacial score (nSPS) is 12.4. The van der Waals surface area contributed by atoms with E-state index in [-0.39, 0.29) is 16.7 Å². The first-order chi connectivity index (χ1) is 7.73. The predicted molar refractivity (Wildman–Crippen MR) is 55.9 cm³/mol. The molecule has 0 aromatic carbocycles. The first-order valence-electron chi connectivity index (χ1n) is 4.90. The van der Waals surface area contributed by atoms with Crippen molar-refractivity contribution in [2.45, 2.75) is 20.0 Å². The maximum absolute atomic E-state index is 12.8. The maximum atomic E-state index is 12.8. The Bertz CT molecular complexity index is 649. The fourth-order valence-corrected chi connectivity index (χ4v) is 1.97. The SMILES string of the molecule is Cc1cc2c(o1)c(=O)c(C)c(C(F)(F)F)n2C. The quantitative estimate of drug-likeness (QED) is 0.715. The van der Waals surface area contributed by atoms with Gasteiger partial charge in [-0.05, 0) is 13.8 Å². The van der Waals surface area contributed by atoms with Crippen LogP contribution in [0.3, 0.4) is 0 Å². The number of furan rings is 1. The van der Waals surface area contributed by atoms with E-state index in [1.54, 1.807) is 6.92 Å². The van der Waals surface area contributed by atoms with Gasteiger partial charge in [-0.3, -0.25) is 4.79 Å². The Balaban J connectivity index is 3.01. The van der Waals surface area contributed by atoms with Gasteiger partial charge < -0.3 is 8.98 Å². The van der Waals surface area contributed by atoms with Gasteiger partial charge in [0.25, 0.3) is 0 Å². The van der Waals surface area contributed by atoms with E-state index in [1.807, 2.05) is 0 Å². The summed E-state index contributed by atoms with van der Waals surface area (Å²) in [5.74, 6) is 0.409. The van der Waals surface area contributed by atoms with Crippen LogP contribution in [-0.2, 0) is 13.2 Å². The summed E-state index contributed by atoms with van der Waals surface area (Å²) < 4.78 is 44.6. The van der Waals surface area contributed by atoms with Crippen LogP contribution in [0.15, 0.2) is 15.3 Å². The number of aromatic nitrogens is 1. The first-order valence-corrected chi connectivity index (χ1v) is 4.90. The third-order valence-electron chi connectivity index (χ3n) is 2.70. The molecule has 6 heteroatoms. The van der Waals surface area contributed by atoms with Gasteiger partial charge in [0, 0.05) is 18.7 Å². The van der Waals surface area contributed by atoms with Crippen LogP contribution in [0, 0.1) is 13.8 Å². The summed E-state index contributed by atoms with van der Waals surface area (Å²) in [6, 6.07) is 1.42. The lowest BCUT2D eigenvalue weighted by Gasteiger charge is -2.15. The minimum Gasteiger partial charge on any atom is -0.456 e. The second-order valence-electron chi connectivity index (χ2n) is 3.93. The molecule has 0 saturated carbocycles. The maximum Gasteiger partial charge on any atom is 0.431 e. The van der Waals surface area contributed by atoms with Gasteiger partial charge >= 0.3 is 6.18 Å². The van der Waals surface area contributed by atoms with Gasteiger partial charge in [-0.1, -0.05) is 0 Å². The largest absolute Gasteiger partial charge is 0.456 e. The van der Waals surface area contributed by atoms with Crippen molar-refractivity contribution < 1.29 is 17.6 Å². The molecule has 2 aromatic rings. The number of aryl methyl sites for hydroxylation is 2. The summed E-state index contributed by atoms with van der Waals surface area (Å²) >= 11 is 0. The highest BCUT2D eigenvalue weighted by molar-refractivity contribution is 5.75. The van der Waals surface area contributed by atoms with Crippen molar-refractivity contribution in [1.82, 2.24) is 4.57 Å². The fourth-order valence-electron chi connectivity index (χ4n) is 1.97. The lowest BCUT2D eigenvalue weighted by molar-refractivity contribution is -0.143. The van der Waals surface area contributed by atoms with Crippen molar-refractivity contribution in [3.8, 4) is 0 Å². The van der Waals surface area contributed by atoms with E-state index < -0.39 is 17.3 Å². The molecule has 2 rings (SSSR count). The van der Waals surface area contributed by atoms with E-state index in [1.165, 1.54) is 13.1 Å². The molecule has 92 valence electrons. The van der Waals surface area contributed by atoms with E-state index in [0.29, 0.717) is 5.76 Å². The zero-order valence-electron chi connectivity index (χ0n) is 9.47. The molecule has 0 unspecified atom stereocenters. The highest BCUT2D eigenvalue weighted by Gasteiger charge is 2.37. The standard InChI is InChI=1S/C11H10F3NO2/c1-5-4-7-9(17-5)8(16)6(2)10(15(7)3)11(12,13)14/h4H,1-3H3. The Morgan fingerprint density at radius 3 is 2.41 bits per heavy atom. The first kappa shape index (κ1) is 11.8. The van der Waals surface area contributed by atoms with Gasteiger partial charge in [0.15, 0.2) is 5.58 Å². The molecule has 0 aliphatic rings. The molecule has 0 bridgehead atoms. The van der Waals surface area contributed by atoms with Crippen LogP contribution in [0.4, 0.5) is 13.2 Å². The molecule has 2 aromatic heterocycles. The molecule has 17 heavy (non-hydrogen) atoms. The van der Waals surface area contributed by atoms with Crippen LogP contribution in [0.2, 0.25) is 0 Å². The number of halogens is 3. The Hall–Kier alpha value is -1.72. The molecule has 0 N–H and O–H groups in total. The second-order valence-corrected chi connectivity index (χ2v) is 3.93. The number of fused-ring (bicyclic) bond motifs is 1. The minimum absolute atomic E-state index is 0.0319. The number of nitrogens with zero attached hydrogens (tertiary/aromatic N) is 1. The molecular formula is C11H10F3NO2. The summed E-state index contributed by atoms with van der Waals surface area (Å²) in [7, 11) is 1.27. The lowest BCUT2D eigenvalue weighted by Crippen LogP contribution is -2.22. The molecule has 0 amide bonds. The third-order valence-corrected chi connectivity index (χ3v) is 2.70. The van der Waals surface area contributed by atoms with E-state index in [4.69, 9.17) is 4.42 Å². The van der Waals surface area contributed by atoms with Crippen molar-refractivity contribution in [3.63, 3.8) is 0 Å². The zero-order chi connectivity index (χ0) is 13.0. The summed E-state index contributed by atoms with van der Waals surface area (Å²) in [4.78, 5) is 11.8. The van der Waals surface area contributed by atoms with E-state index in [0.717, 1.165) is 11.5 Å². The summed E-state index contributed by atoms with van der Waals surface area (Å²) in [5, 5.41) is 0. The van der Waals surface area contributed by atoms with E-state index in [9.17, 15) is 18.0 Å². The lowest BCUT2D eigenvalue weighted by atomic mass is 10.1. The van der Waals surface area contributed by atoms with Crippen molar-refractivity contribution in [2.24, 2.45) is 7.05 Å². The third kappa shape index (κ3) is 1.64. The van der Waals surface area contributed by atoms with Crippen LogP contribution < -0.4 is 5.43 Å². The predicted octanol–water partition coefficient (Wildman–Crippen LogP) is 2.77. The van der Waals surface area contributed by atoms with Gasteiger partial charge in [0.1, 0.15) is 11.5 Å². The van der Waals surface area contributed by atoms with E-state index in [2.05, 4.69) is 0 Å². The topological polar surface area (TPSA) is 35.1 Å². The van der Waals surface area contributed by atoms with Crippen molar-refractivity contribution in [1.29, 1.82) is 0 Å². The number of rotatable bonds is 0. The van der Waals surface area contributed by atoms with Crippen molar-refractivity contribution in [3.05, 3.63) is 33.3 Å². The van der Waals surface area contributed by atoms with Gasteiger partial charge in [0.2, 0.25) is 5.43 Å². The van der Waals surface area contributed by atoms with Gasteiger partial charge in [-0.15, -0.1) is 0 Å². The zero-order valence-corrected chi connectivity index (χ0v) is 9.47. The molecule has 0 saturated heterocycles. The van der Waals surface area contributed by atoms with Crippen LogP contribution >= 0.6 is 0 Å². The fraction of sp³-hybridized carbons (Fsp3) is 0.364. The molecule has 2 heterocycles. The Labute approximate surface area is 94.5 Å². The Morgan fingerprint density at radius 2 is 1.88 bits per heavy atom.